The van der Waals surface area contributed by atoms with Crippen LogP contribution >= 0.6 is 24.0 Å². The molecule has 0 fully saturated rings. The zero-order valence-corrected chi connectivity index (χ0v) is 17.3. The first-order chi connectivity index (χ1) is 11.8. The molecule has 0 atom stereocenters. The van der Waals surface area contributed by atoms with E-state index in [1.807, 2.05) is 0 Å². The van der Waals surface area contributed by atoms with E-state index in [0.29, 0.717) is 32.2 Å². The zero-order chi connectivity index (χ0) is 17.5. The lowest BCUT2D eigenvalue weighted by Crippen LogP contribution is -2.38. The molecule has 0 heterocycles. The number of guanidine groups is 1. The maximum atomic E-state index is 12.8. The SMILES string of the molecule is CN=C(NCCCOCCOC)NCCCOc1ccc(F)cc1.I. The number of ether oxygens (including phenoxy) is 3. The van der Waals surface area contributed by atoms with Gasteiger partial charge in [-0.3, -0.25) is 4.99 Å². The van der Waals surface area contributed by atoms with Crippen LogP contribution in [0, 0.1) is 5.82 Å². The average Bonchev–Trinajstić information content (AvgIpc) is 2.60. The number of halogens is 2. The van der Waals surface area contributed by atoms with Crippen molar-refractivity contribution in [3.05, 3.63) is 30.1 Å². The molecule has 0 bridgehead atoms. The van der Waals surface area contributed by atoms with E-state index in [2.05, 4.69) is 15.6 Å². The Kier molecular flexibility index (Phi) is 15.6. The van der Waals surface area contributed by atoms with E-state index in [1.165, 1.54) is 12.1 Å². The molecule has 0 aliphatic rings. The lowest BCUT2D eigenvalue weighted by atomic mass is 10.3. The molecule has 1 rings (SSSR count). The van der Waals surface area contributed by atoms with Crippen LogP contribution in [0.1, 0.15) is 12.8 Å². The fourth-order valence-corrected chi connectivity index (χ4v) is 1.85. The summed E-state index contributed by atoms with van der Waals surface area (Å²) in [6.45, 7) is 4.03. The van der Waals surface area contributed by atoms with Gasteiger partial charge in [0.15, 0.2) is 5.96 Å². The predicted octanol–water partition coefficient (Wildman–Crippen LogP) is 2.43. The second-order valence-corrected chi connectivity index (χ2v) is 5.04. The van der Waals surface area contributed by atoms with E-state index >= 15 is 0 Å². The lowest BCUT2D eigenvalue weighted by molar-refractivity contribution is 0.0698. The van der Waals surface area contributed by atoms with E-state index in [4.69, 9.17) is 14.2 Å². The number of rotatable bonds is 12. The molecule has 144 valence electrons. The summed E-state index contributed by atoms with van der Waals surface area (Å²) in [5.41, 5.74) is 0. The van der Waals surface area contributed by atoms with Gasteiger partial charge >= 0.3 is 0 Å². The molecule has 0 aliphatic carbocycles. The fourth-order valence-electron chi connectivity index (χ4n) is 1.85. The second kappa shape index (κ2) is 16.3. The summed E-state index contributed by atoms with van der Waals surface area (Å²) < 4.78 is 28.6. The Morgan fingerprint density at radius 2 is 1.64 bits per heavy atom. The van der Waals surface area contributed by atoms with Crippen LogP contribution in [-0.2, 0) is 9.47 Å². The van der Waals surface area contributed by atoms with Crippen molar-refractivity contribution in [1.29, 1.82) is 0 Å². The number of methoxy groups -OCH3 is 1. The molecule has 0 saturated heterocycles. The Labute approximate surface area is 166 Å². The molecule has 8 heteroatoms. The molecule has 1 aromatic rings. The maximum Gasteiger partial charge on any atom is 0.190 e. The minimum atomic E-state index is -0.261. The number of hydrogen-bond donors (Lipinski definition) is 2. The molecule has 2 N–H and O–H groups in total. The molecule has 0 aliphatic heterocycles. The largest absolute Gasteiger partial charge is 0.494 e. The van der Waals surface area contributed by atoms with Gasteiger partial charge in [0.1, 0.15) is 11.6 Å². The van der Waals surface area contributed by atoms with Gasteiger partial charge in [-0.1, -0.05) is 0 Å². The van der Waals surface area contributed by atoms with Crippen LogP contribution in [0.25, 0.3) is 0 Å². The van der Waals surface area contributed by atoms with Crippen molar-refractivity contribution in [2.24, 2.45) is 4.99 Å². The van der Waals surface area contributed by atoms with E-state index in [0.717, 1.165) is 31.9 Å². The van der Waals surface area contributed by atoms with Crippen LogP contribution in [0.4, 0.5) is 4.39 Å². The average molecular weight is 469 g/mol. The van der Waals surface area contributed by atoms with Crippen molar-refractivity contribution in [3.63, 3.8) is 0 Å². The minimum Gasteiger partial charge on any atom is -0.494 e. The topological polar surface area (TPSA) is 64.1 Å². The van der Waals surface area contributed by atoms with E-state index in [9.17, 15) is 4.39 Å². The smallest absolute Gasteiger partial charge is 0.190 e. The van der Waals surface area contributed by atoms with Crippen LogP contribution in [0.2, 0.25) is 0 Å². The van der Waals surface area contributed by atoms with Crippen molar-refractivity contribution in [3.8, 4) is 5.75 Å². The van der Waals surface area contributed by atoms with Gasteiger partial charge in [-0.05, 0) is 37.1 Å². The standard InChI is InChI=1S/C17H28FN3O3.HI/c1-19-17(20-9-3-11-23-14-13-22-2)21-10-4-12-24-16-7-5-15(18)6-8-16;/h5-8H,3-4,9-14H2,1-2H3,(H2,19,20,21);1H. The molecule has 0 radical (unpaired) electrons. The molecule has 25 heavy (non-hydrogen) atoms. The van der Waals surface area contributed by atoms with E-state index in [1.54, 1.807) is 26.3 Å². The Balaban J connectivity index is 0.00000576. The van der Waals surface area contributed by atoms with Crippen LogP contribution < -0.4 is 15.4 Å². The third-order valence-corrected chi connectivity index (χ3v) is 3.11. The van der Waals surface area contributed by atoms with E-state index < -0.39 is 0 Å². The highest BCUT2D eigenvalue weighted by molar-refractivity contribution is 14.0. The highest BCUT2D eigenvalue weighted by Gasteiger charge is 1.98. The van der Waals surface area contributed by atoms with Gasteiger partial charge < -0.3 is 24.8 Å². The van der Waals surface area contributed by atoms with Crippen molar-refractivity contribution >= 4 is 29.9 Å². The number of nitrogens with one attached hydrogen (secondary N) is 2. The summed E-state index contributed by atoms with van der Waals surface area (Å²) in [7, 11) is 3.39. The molecular formula is C17H29FIN3O3. The molecule has 0 spiro atoms. The number of benzene rings is 1. The zero-order valence-electron chi connectivity index (χ0n) is 14.9. The van der Waals surface area contributed by atoms with Gasteiger partial charge in [-0.25, -0.2) is 4.39 Å². The van der Waals surface area contributed by atoms with Crippen molar-refractivity contribution in [2.75, 3.05) is 53.7 Å². The maximum absolute atomic E-state index is 12.8. The number of nitrogens with zero attached hydrogens (tertiary/aromatic N) is 1. The third-order valence-electron chi connectivity index (χ3n) is 3.11. The van der Waals surface area contributed by atoms with Gasteiger partial charge in [0.2, 0.25) is 0 Å². The Morgan fingerprint density at radius 1 is 1.00 bits per heavy atom. The van der Waals surface area contributed by atoms with Crippen LogP contribution in [-0.4, -0.2) is 59.6 Å². The molecule has 0 unspecified atom stereocenters. The first-order valence-electron chi connectivity index (χ1n) is 8.16. The number of aliphatic imine (C=N–C) groups is 1. The van der Waals surface area contributed by atoms with Crippen LogP contribution in [0.15, 0.2) is 29.3 Å². The first kappa shape index (κ1) is 23.9. The van der Waals surface area contributed by atoms with Crippen molar-refractivity contribution in [2.45, 2.75) is 12.8 Å². The minimum absolute atomic E-state index is 0. The van der Waals surface area contributed by atoms with Crippen LogP contribution in [0.3, 0.4) is 0 Å². The Hall–Kier alpha value is -1.13. The molecule has 0 aromatic heterocycles. The Bertz CT molecular complexity index is 461. The van der Waals surface area contributed by atoms with Gasteiger partial charge in [-0.2, -0.15) is 0 Å². The third kappa shape index (κ3) is 12.8. The molecular weight excluding hydrogens is 440 g/mol. The molecule has 0 amide bonds. The van der Waals surface area contributed by atoms with E-state index in [-0.39, 0.29) is 29.8 Å². The van der Waals surface area contributed by atoms with Crippen molar-refractivity contribution < 1.29 is 18.6 Å². The highest BCUT2D eigenvalue weighted by Crippen LogP contribution is 2.10. The summed E-state index contributed by atoms with van der Waals surface area (Å²) in [4.78, 5) is 4.15. The monoisotopic (exact) mass is 469 g/mol. The van der Waals surface area contributed by atoms with Crippen molar-refractivity contribution in [1.82, 2.24) is 10.6 Å². The van der Waals surface area contributed by atoms with Gasteiger partial charge in [0, 0.05) is 33.9 Å². The molecule has 1 aromatic carbocycles. The number of hydrogen-bond acceptors (Lipinski definition) is 4. The lowest BCUT2D eigenvalue weighted by Gasteiger charge is -2.12. The second-order valence-electron chi connectivity index (χ2n) is 5.04. The summed E-state index contributed by atoms with van der Waals surface area (Å²) in [6.07, 6.45) is 1.72. The summed E-state index contributed by atoms with van der Waals surface area (Å²) in [5.74, 6) is 1.17. The predicted molar refractivity (Wildman–Crippen MR) is 109 cm³/mol. The quantitative estimate of drug-likeness (QED) is 0.213. The van der Waals surface area contributed by atoms with Crippen LogP contribution in [0.5, 0.6) is 5.75 Å². The summed E-state index contributed by atoms with van der Waals surface area (Å²) >= 11 is 0. The Morgan fingerprint density at radius 3 is 2.24 bits per heavy atom. The highest BCUT2D eigenvalue weighted by atomic mass is 127. The van der Waals surface area contributed by atoms with Gasteiger partial charge in [0.25, 0.3) is 0 Å². The normalized spacial score (nSPS) is 10.9. The summed E-state index contributed by atoms with van der Waals surface area (Å²) in [5, 5.41) is 6.43. The van der Waals surface area contributed by atoms with Gasteiger partial charge in [-0.15, -0.1) is 24.0 Å². The molecule has 6 nitrogen and oxygen atoms in total. The molecule has 0 saturated carbocycles. The summed E-state index contributed by atoms with van der Waals surface area (Å²) in [6, 6.07) is 6.02. The van der Waals surface area contributed by atoms with Gasteiger partial charge in [0.05, 0.1) is 19.8 Å². The fraction of sp³-hybridized carbons (Fsp3) is 0.588. The first-order valence-corrected chi connectivity index (χ1v) is 8.16.